The van der Waals surface area contributed by atoms with E-state index in [4.69, 9.17) is 4.42 Å². The van der Waals surface area contributed by atoms with E-state index in [9.17, 15) is 0 Å². The first-order chi connectivity index (χ1) is 9.28. The van der Waals surface area contributed by atoms with E-state index < -0.39 is 0 Å². The molecule has 0 unspecified atom stereocenters. The zero-order valence-electron chi connectivity index (χ0n) is 11.6. The Morgan fingerprint density at radius 2 is 1.95 bits per heavy atom. The second kappa shape index (κ2) is 7.41. The van der Waals surface area contributed by atoms with Crippen LogP contribution >= 0.6 is 11.8 Å². The molecule has 0 spiro atoms. The molecular formula is C16H21NOS. The SMILES string of the molecule is CCNCc1ccc(CSCc2cccc(C)c2)o1. The largest absolute Gasteiger partial charge is 0.464 e. The van der Waals surface area contributed by atoms with Gasteiger partial charge in [-0.2, -0.15) is 0 Å². The van der Waals surface area contributed by atoms with Crippen molar-refractivity contribution >= 4 is 11.8 Å². The van der Waals surface area contributed by atoms with Crippen LogP contribution < -0.4 is 5.32 Å². The third kappa shape index (κ3) is 4.77. The standard InChI is InChI=1S/C16H21NOS/c1-3-17-10-15-7-8-16(18-15)12-19-11-14-6-4-5-13(2)9-14/h4-9,17H,3,10-12H2,1-2H3. The Labute approximate surface area is 119 Å². The number of benzene rings is 1. The highest BCUT2D eigenvalue weighted by molar-refractivity contribution is 7.97. The number of furan rings is 1. The van der Waals surface area contributed by atoms with Crippen LogP contribution in [0.5, 0.6) is 0 Å². The summed E-state index contributed by atoms with van der Waals surface area (Å²) in [6, 6.07) is 12.8. The van der Waals surface area contributed by atoms with Gasteiger partial charge in [0.15, 0.2) is 0 Å². The lowest BCUT2D eigenvalue weighted by atomic mass is 10.2. The Morgan fingerprint density at radius 3 is 2.74 bits per heavy atom. The van der Waals surface area contributed by atoms with E-state index >= 15 is 0 Å². The molecule has 0 aliphatic carbocycles. The molecule has 102 valence electrons. The molecule has 1 heterocycles. The minimum absolute atomic E-state index is 0.818. The molecular weight excluding hydrogens is 254 g/mol. The van der Waals surface area contributed by atoms with Crippen LogP contribution in [0.4, 0.5) is 0 Å². The lowest BCUT2D eigenvalue weighted by Crippen LogP contribution is -2.10. The van der Waals surface area contributed by atoms with Gasteiger partial charge in [-0.05, 0) is 31.2 Å². The van der Waals surface area contributed by atoms with Gasteiger partial charge in [0.2, 0.25) is 0 Å². The summed E-state index contributed by atoms with van der Waals surface area (Å²) < 4.78 is 5.76. The Balaban J connectivity index is 1.77. The van der Waals surface area contributed by atoms with Crippen molar-refractivity contribution < 1.29 is 4.42 Å². The molecule has 0 aliphatic heterocycles. The summed E-state index contributed by atoms with van der Waals surface area (Å²) in [5.41, 5.74) is 2.70. The molecule has 1 aromatic carbocycles. The first-order valence-electron chi connectivity index (χ1n) is 6.69. The first-order valence-corrected chi connectivity index (χ1v) is 7.85. The number of nitrogens with one attached hydrogen (secondary N) is 1. The van der Waals surface area contributed by atoms with Crippen LogP contribution in [0.15, 0.2) is 40.8 Å². The highest BCUT2D eigenvalue weighted by atomic mass is 32.2. The molecule has 19 heavy (non-hydrogen) atoms. The van der Waals surface area contributed by atoms with Gasteiger partial charge in [-0.25, -0.2) is 0 Å². The normalized spacial score (nSPS) is 10.8. The van der Waals surface area contributed by atoms with E-state index in [-0.39, 0.29) is 0 Å². The van der Waals surface area contributed by atoms with Crippen LogP contribution in [0.3, 0.4) is 0 Å². The maximum absolute atomic E-state index is 5.76. The Kier molecular flexibility index (Phi) is 5.55. The summed E-state index contributed by atoms with van der Waals surface area (Å²) in [6.45, 7) is 6.02. The summed E-state index contributed by atoms with van der Waals surface area (Å²) in [4.78, 5) is 0. The van der Waals surface area contributed by atoms with Crippen LogP contribution in [0.25, 0.3) is 0 Å². The Bertz CT molecular complexity index is 507. The number of hydrogen-bond donors (Lipinski definition) is 1. The summed E-state index contributed by atoms with van der Waals surface area (Å²) in [7, 11) is 0. The van der Waals surface area contributed by atoms with Gasteiger partial charge in [-0.15, -0.1) is 11.8 Å². The predicted octanol–water partition coefficient (Wildman–Crippen LogP) is 4.13. The highest BCUT2D eigenvalue weighted by Gasteiger charge is 2.02. The lowest BCUT2D eigenvalue weighted by molar-refractivity contribution is 0.463. The Hall–Kier alpha value is -1.19. The van der Waals surface area contributed by atoms with Gasteiger partial charge < -0.3 is 9.73 Å². The van der Waals surface area contributed by atoms with Crippen molar-refractivity contribution in [2.75, 3.05) is 6.54 Å². The molecule has 0 bridgehead atoms. The topological polar surface area (TPSA) is 25.2 Å². The van der Waals surface area contributed by atoms with Crippen molar-refractivity contribution in [3.63, 3.8) is 0 Å². The smallest absolute Gasteiger partial charge is 0.117 e. The fraction of sp³-hybridized carbons (Fsp3) is 0.375. The lowest BCUT2D eigenvalue weighted by Gasteiger charge is -2.02. The first kappa shape index (κ1) is 14.2. The third-order valence-electron chi connectivity index (χ3n) is 2.86. The highest BCUT2D eigenvalue weighted by Crippen LogP contribution is 2.20. The van der Waals surface area contributed by atoms with Crippen molar-refractivity contribution in [1.29, 1.82) is 0 Å². The van der Waals surface area contributed by atoms with E-state index in [1.54, 1.807) is 0 Å². The van der Waals surface area contributed by atoms with Crippen molar-refractivity contribution in [3.05, 3.63) is 59.0 Å². The molecule has 2 aromatic rings. The van der Waals surface area contributed by atoms with Gasteiger partial charge in [-0.3, -0.25) is 0 Å². The molecule has 1 N–H and O–H groups in total. The van der Waals surface area contributed by atoms with E-state index in [1.807, 2.05) is 11.8 Å². The average Bonchev–Trinajstić information content (AvgIpc) is 2.84. The molecule has 0 saturated heterocycles. The van der Waals surface area contributed by atoms with Crippen LogP contribution in [-0.2, 0) is 18.1 Å². The summed E-state index contributed by atoms with van der Waals surface area (Å²) in [5.74, 6) is 4.05. The van der Waals surface area contributed by atoms with Crippen molar-refractivity contribution in [3.8, 4) is 0 Å². The average molecular weight is 275 g/mol. The zero-order chi connectivity index (χ0) is 13.5. The van der Waals surface area contributed by atoms with E-state index in [0.29, 0.717) is 0 Å². The van der Waals surface area contributed by atoms with E-state index in [0.717, 1.165) is 36.1 Å². The van der Waals surface area contributed by atoms with Gasteiger partial charge in [0, 0.05) is 5.75 Å². The number of hydrogen-bond acceptors (Lipinski definition) is 3. The number of rotatable bonds is 7. The van der Waals surface area contributed by atoms with Gasteiger partial charge in [0.05, 0.1) is 12.3 Å². The van der Waals surface area contributed by atoms with Crippen molar-refractivity contribution in [2.45, 2.75) is 31.9 Å². The fourth-order valence-electron chi connectivity index (χ4n) is 1.91. The minimum atomic E-state index is 0.818. The Morgan fingerprint density at radius 1 is 1.11 bits per heavy atom. The van der Waals surface area contributed by atoms with Crippen molar-refractivity contribution in [1.82, 2.24) is 5.32 Å². The molecule has 0 saturated carbocycles. The molecule has 0 radical (unpaired) electrons. The predicted molar refractivity (Wildman–Crippen MR) is 82.3 cm³/mol. The van der Waals surface area contributed by atoms with Gasteiger partial charge in [0.1, 0.15) is 11.5 Å². The molecule has 2 nitrogen and oxygen atoms in total. The summed E-state index contributed by atoms with van der Waals surface area (Å²) in [5, 5.41) is 3.27. The maximum Gasteiger partial charge on any atom is 0.117 e. The fourth-order valence-corrected chi connectivity index (χ4v) is 2.79. The third-order valence-corrected chi connectivity index (χ3v) is 3.89. The second-order valence-corrected chi connectivity index (χ2v) is 5.62. The van der Waals surface area contributed by atoms with Crippen LogP contribution in [-0.4, -0.2) is 6.54 Å². The molecule has 2 rings (SSSR count). The number of thioether (sulfide) groups is 1. The number of aryl methyl sites for hydroxylation is 1. The summed E-state index contributed by atoms with van der Waals surface area (Å²) >= 11 is 1.89. The van der Waals surface area contributed by atoms with Crippen molar-refractivity contribution in [2.24, 2.45) is 0 Å². The van der Waals surface area contributed by atoms with E-state index in [1.165, 1.54) is 11.1 Å². The molecule has 0 atom stereocenters. The molecule has 0 aliphatic rings. The maximum atomic E-state index is 5.76. The van der Waals surface area contributed by atoms with E-state index in [2.05, 4.69) is 55.6 Å². The van der Waals surface area contributed by atoms with Gasteiger partial charge in [-0.1, -0.05) is 36.8 Å². The van der Waals surface area contributed by atoms with Gasteiger partial charge in [0.25, 0.3) is 0 Å². The van der Waals surface area contributed by atoms with Crippen LogP contribution in [0, 0.1) is 6.92 Å². The van der Waals surface area contributed by atoms with Crippen LogP contribution in [0.1, 0.15) is 29.6 Å². The van der Waals surface area contributed by atoms with Gasteiger partial charge >= 0.3 is 0 Å². The minimum Gasteiger partial charge on any atom is -0.464 e. The monoisotopic (exact) mass is 275 g/mol. The summed E-state index contributed by atoms with van der Waals surface area (Å²) in [6.07, 6.45) is 0. The quantitative estimate of drug-likeness (QED) is 0.822. The molecule has 3 heteroatoms. The second-order valence-electron chi connectivity index (χ2n) is 4.63. The molecule has 0 fully saturated rings. The molecule has 0 amide bonds. The van der Waals surface area contributed by atoms with Crippen LogP contribution in [0.2, 0.25) is 0 Å². The molecule has 1 aromatic heterocycles. The zero-order valence-corrected chi connectivity index (χ0v) is 12.4.